The molecule has 0 saturated heterocycles. The van der Waals surface area contributed by atoms with Crippen LogP contribution < -0.4 is 0 Å². The van der Waals surface area contributed by atoms with Gasteiger partial charge in [0.1, 0.15) is 0 Å². The van der Waals surface area contributed by atoms with E-state index in [1.54, 1.807) is 0 Å². The van der Waals surface area contributed by atoms with Gasteiger partial charge in [0.2, 0.25) is 0 Å². The number of aliphatic carboxylic acids is 1. The Hall–Kier alpha value is -1.39. The largest absolute Gasteiger partial charge is 0.481 e. The topological polar surface area (TPSA) is 37.3 Å². The minimum atomic E-state index is -0.868. The highest BCUT2D eigenvalue weighted by molar-refractivity contribution is 7.99. The maximum atomic E-state index is 10.8. The molecule has 0 aliphatic rings. The molecule has 0 bridgehead atoms. The van der Waals surface area contributed by atoms with Gasteiger partial charge in [-0.1, -0.05) is 66.8 Å². The van der Waals surface area contributed by atoms with Crippen LogP contribution in [0.4, 0.5) is 0 Å². The number of carbonyl (C=O) groups is 1. The summed E-state index contributed by atoms with van der Waals surface area (Å²) in [5, 5.41) is 8.91. The third-order valence-electron chi connectivity index (χ3n) is 3.56. The summed E-state index contributed by atoms with van der Waals surface area (Å²) in [6.07, 6.45) is 2.59. The SMILES string of the molecule is [2H]c1c([2H])c([2H])c(CSCCC(CCCCC(=O)O)SCc2c([2H])c([2H])c([2H])c([2H])c2[2H])c([2H])c1[2H]. The number of carboxylic acids is 1. The minimum Gasteiger partial charge on any atom is -0.481 e. The molecule has 0 radical (unpaired) electrons. The van der Waals surface area contributed by atoms with Crippen LogP contribution in [-0.2, 0) is 16.3 Å². The molecule has 0 amide bonds. The van der Waals surface area contributed by atoms with Crippen LogP contribution in [0.2, 0.25) is 0 Å². The summed E-state index contributed by atoms with van der Waals surface area (Å²) in [4.78, 5) is 10.8. The zero-order valence-electron chi connectivity index (χ0n) is 24.4. The van der Waals surface area contributed by atoms with Gasteiger partial charge in [0.15, 0.2) is 0 Å². The van der Waals surface area contributed by atoms with Crippen LogP contribution in [0.3, 0.4) is 0 Å². The Bertz CT molecular complexity index is 1060. The van der Waals surface area contributed by atoms with Gasteiger partial charge in [-0.15, -0.1) is 0 Å². The average molecular weight is 399 g/mol. The first kappa shape index (κ1) is 10.8. The predicted molar refractivity (Wildman–Crippen MR) is 115 cm³/mol. The van der Waals surface area contributed by atoms with E-state index in [1.165, 1.54) is 23.5 Å². The second-order valence-electron chi connectivity index (χ2n) is 5.62. The van der Waals surface area contributed by atoms with E-state index in [1.807, 2.05) is 0 Å². The zero-order chi connectivity index (χ0) is 27.2. The van der Waals surface area contributed by atoms with Crippen LogP contribution in [0, 0.1) is 0 Å². The molecule has 0 aliphatic heterocycles. The second kappa shape index (κ2) is 12.9. The fourth-order valence-corrected chi connectivity index (χ4v) is 4.50. The average Bonchev–Trinajstić information content (AvgIpc) is 2.85. The van der Waals surface area contributed by atoms with Crippen LogP contribution in [-0.4, -0.2) is 22.1 Å². The molecule has 0 fully saturated rings. The molecule has 0 aromatic heterocycles. The number of hydrogen-bond acceptors (Lipinski definition) is 3. The first-order valence-corrected chi connectivity index (χ1v) is 10.6. The van der Waals surface area contributed by atoms with Crippen LogP contribution in [0.15, 0.2) is 60.4 Å². The van der Waals surface area contributed by atoms with Crippen molar-refractivity contribution in [1.82, 2.24) is 0 Å². The molecule has 2 rings (SSSR count). The molecule has 2 aromatic carbocycles. The number of hydrogen-bond donors (Lipinski definition) is 1. The molecule has 0 aliphatic carbocycles. The standard InChI is InChI=1S/C22H28O2S2/c23-22(24)14-8-7-13-21(26-18-20-11-5-2-6-12-20)15-16-25-17-19-9-3-1-4-10-19/h1-6,9-12,21H,7-8,13-18H2,(H,23,24)/i1D,2D,3D,4D,5D,6D,9D,10D,11D,12D. The quantitative estimate of drug-likeness (QED) is 0.404. The van der Waals surface area contributed by atoms with Crippen molar-refractivity contribution in [2.75, 3.05) is 5.75 Å². The fraction of sp³-hybridized carbons (Fsp3) is 0.409. The summed E-state index contributed by atoms with van der Waals surface area (Å²) in [5.74, 6) is 0.203. The molecular weight excluding hydrogens is 360 g/mol. The Kier molecular flexibility index (Phi) is 5.36. The first-order valence-electron chi connectivity index (χ1n) is 13.4. The Morgan fingerprint density at radius 2 is 1.54 bits per heavy atom. The normalized spacial score (nSPS) is 17.4. The van der Waals surface area contributed by atoms with Crippen molar-refractivity contribution in [3.63, 3.8) is 0 Å². The van der Waals surface area contributed by atoms with Crippen molar-refractivity contribution in [3.8, 4) is 0 Å². The molecule has 0 heterocycles. The van der Waals surface area contributed by atoms with E-state index in [4.69, 9.17) is 18.8 Å². The van der Waals surface area contributed by atoms with Gasteiger partial charge in [0.05, 0.1) is 13.7 Å². The van der Waals surface area contributed by atoms with Crippen molar-refractivity contribution < 1.29 is 23.6 Å². The number of rotatable bonds is 13. The van der Waals surface area contributed by atoms with Gasteiger partial charge in [-0.25, -0.2) is 0 Å². The Morgan fingerprint density at radius 3 is 2.15 bits per heavy atom. The zero-order valence-corrected chi connectivity index (χ0v) is 16.0. The lowest BCUT2D eigenvalue weighted by Crippen LogP contribution is -2.06. The minimum absolute atomic E-state index is 0.0316. The maximum absolute atomic E-state index is 10.8. The molecule has 2 aromatic rings. The molecule has 1 atom stereocenters. The van der Waals surface area contributed by atoms with Gasteiger partial charge in [-0.05, 0) is 36.1 Å². The Morgan fingerprint density at radius 1 is 0.923 bits per heavy atom. The Labute approximate surface area is 179 Å². The maximum Gasteiger partial charge on any atom is 0.303 e. The Balaban J connectivity index is 2.06. The van der Waals surface area contributed by atoms with Crippen molar-refractivity contribution in [2.24, 2.45) is 0 Å². The van der Waals surface area contributed by atoms with Crippen LogP contribution in [0.1, 0.15) is 56.9 Å². The molecule has 1 N–H and O–H groups in total. The summed E-state index contributed by atoms with van der Waals surface area (Å²) in [6, 6.07) is -3.23. The van der Waals surface area contributed by atoms with E-state index in [-0.39, 0.29) is 82.6 Å². The van der Waals surface area contributed by atoms with Crippen LogP contribution >= 0.6 is 23.5 Å². The van der Waals surface area contributed by atoms with Crippen molar-refractivity contribution in [2.45, 2.75) is 48.9 Å². The summed E-state index contributed by atoms with van der Waals surface area (Å²) in [6.45, 7) is 0. The summed E-state index contributed by atoms with van der Waals surface area (Å²) < 4.78 is 79.0. The highest BCUT2D eigenvalue weighted by Gasteiger charge is 2.10. The second-order valence-corrected chi connectivity index (χ2v) is 8.01. The smallest absolute Gasteiger partial charge is 0.303 e. The lowest BCUT2D eigenvalue weighted by molar-refractivity contribution is -0.137. The van der Waals surface area contributed by atoms with E-state index in [0.29, 0.717) is 31.4 Å². The van der Waals surface area contributed by atoms with Crippen molar-refractivity contribution in [3.05, 3.63) is 71.6 Å². The number of thioether (sulfide) groups is 2. The third kappa shape index (κ3) is 9.35. The molecule has 0 spiro atoms. The summed E-state index contributed by atoms with van der Waals surface area (Å²) in [5.41, 5.74) is 0.476. The van der Waals surface area contributed by atoms with Gasteiger partial charge >= 0.3 is 5.97 Å². The van der Waals surface area contributed by atoms with Gasteiger partial charge in [-0.2, -0.15) is 23.5 Å². The molecule has 1 unspecified atom stereocenters. The molecule has 140 valence electrons. The first-order chi connectivity index (χ1) is 16.9. The van der Waals surface area contributed by atoms with Crippen molar-refractivity contribution in [1.29, 1.82) is 0 Å². The highest BCUT2D eigenvalue weighted by atomic mass is 32.2. The molecule has 26 heavy (non-hydrogen) atoms. The van der Waals surface area contributed by atoms with E-state index >= 15 is 0 Å². The summed E-state index contributed by atoms with van der Waals surface area (Å²) >= 11 is 2.89. The van der Waals surface area contributed by atoms with Crippen LogP contribution in [0.5, 0.6) is 0 Å². The molecular formula is C22H28O2S2. The predicted octanol–water partition coefficient (Wildman–Crippen LogP) is 6.26. The fourth-order valence-electron chi connectivity index (χ4n) is 2.25. The molecule has 4 heteroatoms. The molecule has 0 saturated carbocycles. The van der Waals surface area contributed by atoms with E-state index in [9.17, 15) is 4.79 Å². The lowest BCUT2D eigenvalue weighted by atomic mass is 10.1. The van der Waals surface area contributed by atoms with E-state index in [2.05, 4.69) is 0 Å². The molecule has 2 nitrogen and oxygen atoms in total. The van der Waals surface area contributed by atoms with E-state index < -0.39 is 18.1 Å². The van der Waals surface area contributed by atoms with Gasteiger partial charge < -0.3 is 5.11 Å². The number of carboxylic acid groups (broad SMARTS) is 1. The lowest BCUT2D eigenvalue weighted by Gasteiger charge is -2.16. The van der Waals surface area contributed by atoms with Gasteiger partial charge in [0, 0.05) is 23.2 Å². The van der Waals surface area contributed by atoms with Crippen molar-refractivity contribution >= 4 is 29.5 Å². The van der Waals surface area contributed by atoms with Gasteiger partial charge in [-0.3, -0.25) is 4.79 Å². The summed E-state index contributed by atoms with van der Waals surface area (Å²) in [7, 11) is 0. The monoisotopic (exact) mass is 398 g/mol. The third-order valence-corrected chi connectivity index (χ3v) is 5.98. The van der Waals surface area contributed by atoms with E-state index in [0.717, 1.165) is 0 Å². The van der Waals surface area contributed by atoms with Gasteiger partial charge in [0.25, 0.3) is 0 Å². The van der Waals surface area contributed by atoms with Crippen LogP contribution in [0.25, 0.3) is 0 Å². The number of benzene rings is 2. The highest BCUT2D eigenvalue weighted by Crippen LogP contribution is 2.27. The number of unbranched alkanes of at least 4 members (excludes halogenated alkanes) is 1.